The first-order valence-electron chi connectivity index (χ1n) is 6.00. The lowest BCUT2D eigenvalue weighted by Gasteiger charge is -2.02. The second-order valence-corrected chi connectivity index (χ2v) is 4.13. The van der Waals surface area contributed by atoms with Crippen LogP contribution in [0.1, 0.15) is 11.1 Å². The summed E-state index contributed by atoms with van der Waals surface area (Å²) < 4.78 is 40.7. The Bertz CT molecular complexity index is 655. The zero-order valence-corrected chi connectivity index (χ0v) is 10.8. The van der Waals surface area contributed by atoms with Gasteiger partial charge in [-0.15, -0.1) is 0 Å². The van der Waals surface area contributed by atoms with E-state index in [9.17, 15) is 13.2 Å². The maximum atomic E-state index is 12.6. The molecule has 0 aliphatic heterocycles. The molecule has 0 saturated carbocycles. The van der Waals surface area contributed by atoms with Gasteiger partial charge in [0.05, 0.1) is 0 Å². The van der Waals surface area contributed by atoms with Crippen molar-refractivity contribution in [3.63, 3.8) is 0 Å². The molecule has 0 atom stereocenters. The molecule has 0 heterocycles. The van der Waals surface area contributed by atoms with Crippen LogP contribution in [0.3, 0.4) is 0 Å². The van der Waals surface area contributed by atoms with E-state index in [-0.39, 0.29) is 11.5 Å². The Hall–Kier alpha value is -2.69. The number of halogens is 3. The number of ether oxygens (including phenoxy) is 1. The third kappa shape index (κ3) is 4.42. The summed E-state index contributed by atoms with van der Waals surface area (Å²) in [5, 5.41) is 9.16. The lowest BCUT2D eigenvalue weighted by Crippen LogP contribution is -1.90. The lowest BCUT2D eigenvalue weighted by molar-refractivity contribution is 0.241. The SMILES string of the molecule is Oc1ccc(/C=C/c2ccc(OC(F)=C(F)F)cc2)cc1. The third-order valence-corrected chi connectivity index (χ3v) is 2.60. The van der Waals surface area contributed by atoms with Gasteiger partial charge in [-0.05, 0) is 35.4 Å². The summed E-state index contributed by atoms with van der Waals surface area (Å²) in [4.78, 5) is 0. The smallest absolute Gasteiger partial charge is 0.344 e. The molecule has 2 aromatic carbocycles. The average Bonchev–Trinajstić information content (AvgIpc) is 2.48. The summed E-state index contributed by atoms with van der Waals surface area (Å²) in [6.07, 6.45) is 1.11. The largest absolute Gasteiger partial charge is 0.508 e. The predicted molar refractivity (Wildman–Crippen MR) is 74.5 cm³/mol. The number of hydrogen-bond acceptors (Lipinski definition) is 2. The van der Waals surface area contributed by atoms with Gasteiger partial charge in [-0.2, -0.15) is 13.2 Å². The van der Waals surface area contributed by atoms with Crippen molar-refractivity contribution in [3.8, 4) is 11.5 Å². The Labute approximate surface area is 119 Å². The first-order valence-corrected chi connectivity index (χ1v) is 6.00. The Kier molecular flexibility index (Phi) is 4.66. The van der Waals surface area contributed by atoms with Crippen molar-refractivity contribution in [2.24, 2.45) is 0 Å². The fourth-order valence-corrected chi connectivity index (χ4v) is 1.57. The van der Waals surface area contributed by atoms with Gasteiger partial charge in [0, 0.05) is 0 Å². The van der Waals surface area contributed by atoms with Crippen LogP contribution in [0.15, 0.2) is 60.6 Å². The number of benzene rings is 2. The topological polar surface area (TPSA) is 29.5 Å². The highest BCUT2D eigenvalue weighted by Crippen LogP contribution is 2.20. The van der Waals surface area contributed by atoms with Crippen LogP contribution in [0.25, 0.3) is 12.2 Å². The van der Waals surface area contributed by atoms with E-state index in [0.717, 1.165) is 11.1 Å². The highest BCUT2D eigenvalue weighted by Gasteiger charge is 2.07. The highest BCUT2D eigenvalue weighted by molar-refractivity contribution is 5.70. The molecule has 0 aromatic heterocycles. The first kappa shape index (κ1) is 14.7. The molecule has 0 saturated heterocycles. The molecule has 0 fully saturated rings. The van der Waals surface area contributed by atoms with Crippen LogP contribution >= 0.6 is 0 Å². The molecule has 0 amide bonds. The molecule has 0 unspecified atom stereocenters. The minimum Gasteiger partial charge on any atom is -0.508 e. The summed E-state index contributed by atoms with van der Waals surface area (Å²) in [7, 11) is 0. The summed E-state index contributed by atoms with van der Waals surface area (Å²) in [5.41, 5.74) is 1.68. The molecule has 0 bridgehead atoms. The van der Waals surface area contributed by atoms with Crippen molar-refractivity contribution in [1.29, 1.82) is 0 Å². The Balaban J connectivity index is 2.05. The monoisotopic (exact) mass is 292 g/mol. The number of aromatic hydroxyl groups is 1. The fraction of sp³-hybridized carbons (Fsp3) is 0. The molecule has 0 radical (unpaired) electrons. The van der Waals surface area contributed by atoms with Crippen molar-refractivity contribution >= 4 is 12.2 Å². The molecule has 2 rings (SSSR count). The van der Waals surface area contributed by atoms with Gasteiger partial charge >= 0.3 is 12.1 Å². The molecule has 0 spiro atoms. The van der Waals surface area contributed by atoms with E-state index in [1.54, 1.807) is 42.5 Å². The second-order valence-electron chi connectivity index (χ2n) is 4.13. The van der Waals surface area contributed by atoms with E-state index in [1.165, 1.54) is 12.1 Å². The van der Waals surface area contributed by atoms with Crippen LogP contribution in [0.5, 0.6) is 11.5 Å². The molecule has 0 aliphatic rings. The lowest BCUT2D eigenvalue weighted by atomic mass is 10.1. The van der Waals surface area contributed by atoms with E-state index in [2.05, 4.69) is 4.74 Å². The van der Waals surface area contributed by atoms with E-state index in [0.29, 0.717) is 0 Å². The molecule has 108 valence electrons. The molecule has 1 N–H and O–H groups in total. The maximum Gasteiger partial charge on any atom is 0.344 e. The van der Waals surface area contributed by atoms with Crippen molar-refractivity contribution in [2.75, 3.05) is 0 Å². The zero-order chi connectivity index (χ0) is 15.2. The molecule has 5 heteroatoms. The van der Waals surface area contributed by atoms with Crippen LogP contribution < -0.4 is 4.74 Å². The number of hydrogen-bond donors (Lipinski definition) is 1. The maximum absolute atomic E-state index is 12.6. The van der Waals surface area contributed by atoms with Crippen LogP contribution in [0.2, 0.25) is 0 Å². The van der Waals surface area contributed by atoms with Crippen LogP contribution in [-0.2, 0) is 0 Å². The number of phenolic OH excluding ortho intramolecular Hbond substituents is 1. The van der Waals surface area contributed by atoms with Crippen molar-refractivity contribution in [3.05, 3.63) is 71.8 Å². The van der Waals surface area contributed by atoms with Gasteiger partial charge in [-0.25, -0.2) is 0 Å². The predicted octanol–water partition coefficient (Wildman–Crippen LogP) is 4.98. The minimum absolute atomic E-state index is 0.0120. The summed E-state index contributed by atoms with van der Waals surface area (Å²) in [6.45, 7) is 0. The third-order valence-electron chi connectivity index (χ3n) is 2.60. The van der Waals surface area contributed by atoms with Gasteiger partial charge in [0.1, 0.15) is 11.5 Å². The first-order chi connectivity index (χ1) is 10.0. The zero-order valence-electron chi connectivity index (χ0n) is 10.8. The minimum atomic E-state index is -2.49. The molecule has 2 aromatic rings. The van der Waals surface area contributed by atoms with Gasteiger partial charge in [0.2, 0.25) is 0 Å². The Morgan fingerprint density at radius 3 is 1.76 bits per heavy atom. The fourth-order valence-electron chi connectivity index (χ4n) is 1.57. The standard InChI is InChI=1S/C16H11F3O2/c17-15(18)16(19)21-14-9-5-12(6-10-14)2-1-11-3-7-13(20)8-4-11/h1-10,20H/b2-1+. The molecule has 2 nitrogen and oxygen atoms in total. The summed E-state index contributed by atoms with van der Waals surface area (Å²) in [5.74, 6) is 0.172. The quantitative estimate of drug-likeness (QED) is 0.636. The molecular formula is C16H11F3O2. The number of phenols is 1. The van der Waals surface area contributed by atoms with Crippen LogP contribution in [0.4, 0.5) is 13.2 Å². The van der Waals surface area contributed by atoms with Gasteiger partial charge < -0.3 is 9.84 Å². The van der Waals surface area contributed by atoms with Gasteiger partial charge in [-0.1, -0.05) is 36.4 Å². The second kappa shape index (κ2) is 6.65. The van der Waals surface area contributed by atoms with Crippen LogP contribution in [-0.4, -0.2) is 5.11 Å². The van der Waals surface area contributed by atoms with E-state index < -0.39 is 12.1 Å². The van der Waals surface area contributed by atoms with Gasteiger partial charge in [-0.3, -0.25) is 0 Å². The Morgan fingerprint density at radius 1 is 0.810 bits per heavy atom. The summed E-state index contributed by atoms with van der Waals surface area (Å²) >= 11 is 0. The molecular weight excluding hydrogens is 281 g/mol. The number of rotatable bonds is 4. The summed E-state index contributed by atoms with van der Waals surface area (Å²) in [6, 6.07) is 10.7. The van der Waals surface area contributed by atoms with Crippen LogP contribution in [0, 0.1) is 0 Å². The Morgan fingerprint density at radius 2 is 1.29 bits per heavy atom. The average molecular weight is 292 g/mol. The normalized spacial score (nSPS) is 10.6. The van der Waals surface area contributed by atoms with Gasteiger partial charge in [0.15, 0.2) is 0 Å². The van der Waals surface area contributed by atoms with Crippen molar-refractivity contribution < 1.29 is 23.0 Å². The van der Waals surface area contributed by atoms with Crippen molar-refractivity contribution in [1.82, 2.24) is 0 Å². The highest BCUT2D eigenvalue weighted by atomic mass is 19.3. The van der Waals surface area contributed by atoms with Crippen molar-refractivity contribution in [2.45, 2.75) is 0 Å². The van der Waals surface area contributed by atoms with Gasteiger partial charge in [0.25, 0.3) is 0 Å². The van der Waals surface area contributed by atoms with E-state index in [4.69, 9.17) is 5.11 Å². The molecule has 0 aliphatic carbocycles. The molecule has 21 heavy (non-hydrogen) atoms. The van der Waals surface area contributed by atoms with E-state index >= 15 is 0 Å². The van der Waals surface area contributed by atoms with E-state index in [1.807, 2.05) is 6.08 Å².